The fourth-order valence-corrected chi connectivity index (χ4v) is 1.81. The lowest BCUT2D eigenvalue weighted by Gasteiger charge is -2.27. The van der Waals surface area contributed by atoms with E-state index in [1.165, 1.54) is 18.2 Å². The highest BCUT2D eigenvalue weighted by atomic mass is 19.4. The highest BCUT2D eigenvalue weighted by Crippen LogP contribution is 2.34. The molecule has 0 radical (unpaired) electrons. The Morgan fingerprint density at radius 1 is 1.20 bits per heavy atom. The first kappa shape index (κ1) is 14.6. The number of benzene rings is 1. The Morgan fingerprint density at radius 2 is 1.85 bits per heavy atom. The third-order valence-electron chi connectivity index (χ3n) is 2.75. The number of carbonyl (C=O) groups is 1. The summed E-state index contributed by atoms with van der Waals surface area (Å²) in [5, 5.41) is 3.80. The monoisotopic (exact) mass is 289 g/mol. The van der Waals surface area contributed by atoms with Crippen molar-refractivity contribution in [3.63, 3.8) is 0 Å². The topological polar surface area (TPSA) is 53.6 Å². The molecule has 20 heavy (non-hydrogen) atoms. The Balaban J connectivity index is 2.00. The molecule has 5 nitrogen and oxygen atoms in total. The Morgan fingerprint density at radius 3 is 2.50 bits per heavy atom. The molecule has 1 heterocycles. The van der Waals surface area contributed by atoms with E-state index < -0.39 is 17.8 Å². The van der Waals surface area contributed by atoms with Crippen LogP contribution in [0.3, 0.4) is 0 Å². The molecule has 2 amide bonds. The number of nitrogens with zero attached hydrogens (tertiary/aromatic N) is 1. The standard InChI is InChI=1S/C12H14F3N3O2/c13-12(14,15)9-3-1-2-4-10(9)16-11(19)17-18-5-7-20-8-6-18/h1-4H,5-8H2,(H2,16,17,19). The predicted octanol–water partition coefficient (Wildman–Crippen LogP) is 2.07. The minimum absolute atomic E-state index is 0.272. The van der Waals surface area contributed by atoms with E-state index in [0.29, 0.717) is 26.3 Å². The molecule has 8 heteroatoms. The van der Waals surface area contributed by atoms with Crippen LogP contribution in [-0.4, -0.2) is 37.3 Å². The maximum absolute atomic E-state index is 12.8. The maximum atomic E-state index is 12.8. The second-order valence-corrected chi connectivity index (χ2v) is 4.21. The molecule has 0 spiro atoms. The van der Waals surface area contributed by atoms with E-state index in [1.807, 2.05) is 0 Å². The number of alkyl halides is 3. The molecule has 1 aliphatic rings. The Kier molecular flexibility index (Phi) is 4.46. The van der Waals surface area contributed by atoms with Gasteiger partial charge in [0.05, 0.1) is 24.5 Å². The van der Waals surface area contributed by atoms with E-state index in [4.69, 9.17) is 4.74 Å². The molecule has 2 rings (SSSR count). The number of para-hydroxylation sites is 1. The molecule has 1 aromatic rings. The Labute approximate surface area is 113 Å². The number of rotatable bonds is 2. The third kappa shape index (κ3) is 3.84. The molecule has 0 unspecified atom stereocenters. The van der Waals surface area contributed by atoms with E-state index >= 15 is 0 Å². The van der Waals surface area contributed by atoms with Crippen LogP contribution >= 0.6 is 0 Å². The normalized spacial score (nSPS) is 16.8. The SMILES string of the molecule is O=C(Nc1ccccc1C(F)(F)F)NN1CCOCC1. The van der Waals surface area contributed by atoms with Crippen molar-refractivity contribution in [2.24, 2.45) is 0 Å². The first-order valence-electron chi connectivity index (χ1n) is 6.03. The van der Waals surface area contributed by atoms with Crippen LogP contribution in [0.2, 0.25) is 0 Å². The van der Waals surface area contributed by atoms with Crippen molar-refractivity contribution < 1.29 is 22.7 Å². The molecule has 0 aromatic heterocycles. The van der Waals surface area contributed by atoms with Gasteiger partial charge in [-0.1, -0.05) is 12.1 Å². The number of urea groups is 1. The summed E-state index contributed by atoms with van der Waals surface area (Å²) >= 11 is 0. The van der Waals surface area contributed by atoms with Crippen molar-refractivity contribution in [2.45, 2.75) is 6.18 Å². The number of halogens is 3. The van der Waals surface area contributed by atoms with Gasteiger partial charge >= 0.3 is 12.2 Å². The van der Waals surface area contributed by atoms with E-state index in [-0.39, 0.29) is 5.69 Å². The number of hydrogen-bond donors (Lipinski definition) is 2. The summed E-state index contributed by atoms with van der Waals surface area (Å²) in [5.41, 5.74) is 1.33. The zero-order valence-corrected chi connectivity index (χ0v) is 10.5. The minimum atomic E-state index is -4.51. The third-order valence-corrected chi connectivity index (χ3v) is 2.75. The minimum Gasteiger partial charge on any atom is -0.379 e. The summed E-state index contributed by atoms with van der Waals surface area (Å²) in [6.45, 7) is 1.93. The maximum Gasteiger partial charge on any atom is 0.418 e. The Hall–Kier alpha value is -1.80. The molecule has 0 aliphatic carbocycles. The Bertz CT molecular complexity index is 473. The summed E-state index contributed by atoms with van der Waals surface area (Å²) in [6.07, 6.45) is -4.51. The smallest absolute Gasteiger partial charge is 0.379 e. The number of nitrogens with one attached hydrogen (secondary N) is 2. The van der Waals surface area contributed by atoms with Crippen LogP contribution < -0.4 is 10.7 Å². The van der Waals surface area contributed by atoms with Crippen molar-refractivity contribution in [1.82, 2.24) is 10.4 Å². The van der Waals surface area contributed by atoms with Crippen molar-refractivity contribution in [2.75, 3.05) is 31.6 Å². The van der Waals surface area contributed by atoms with Crippen molar-refractivity contribution in [3.05, 3.63) is 29.8 Å². The average Bonchev–Trinajstić information content (AvgIpc) is 2.39. The first-order valence-corrected chi connectivity index (χ1v) is 6.03. The molecule has 0 atom stereocenters. The van der Waals surface area contributed by atoms with Gasteiger partial charge in [0.25, 0.3) is 0 Å². The van der Waals surface area contributed by atoms with Gasteiger partial charge in [-0.05, 0) is 12.1 Å². The molecular formula is C12H14F3N3O2. The summed E-state index contributed by atoms with van der Waals surface area (Å²) < 4.78 is 43.4. The number of anilines is 1. The molecule has 0 bridgehead atoms. The lowest BCUT2D eigenvalue weighted by Crippen LogP contribution is -2.49. The number of hydrogen-bond acceptors (Lipinski definition) is 3. The highest BCUT2D eigenvalue weighted by molar-refractivity contribution is 5.89. The fraction of sp³-hybridized carbons (Fsp3) is 0.417. The van der Waals surface area contributed by atoms with Gasteiger partial charge in [-0.15, -0.1) is 0 Å². The van der Waals surface area contributed by atoms with Crippen LogP contribution in [0.4, 0.5) is 23.7 Å². The van der Waals surface area contributed by atoms with Crippen molar-refractivity contribution in [1.29, 1.82) is 0 Å². The van der Waals surface area contributed by atoms with E-state index in [1.54, 1.807) is 5.01 Å². The van der Waals surface area contributed by atoms with Gasteiger partial charge in [-0.25, -0.2) is 9.80 Å². The van der Waals surface area contributed by atoms with Crippen LogP contribution in [0.5, 0.6) is 0 Å². The van der Waals surface area contributed by atoms with Gasteiger partial charge in [0.2, 0.25) is 0 Å². The fourth-order valence-electron chi connectivity index (χ4n) is 1.81. The van der Waals surface area contributed by atoms with Gasteiger partial charge in [-0.3, -0.25) is 5.43 Å². The average molecular weight is 289 g/mol. The van der Waals surface area contributed by atoms with Crippen LogP contribution in [0.15, 0.2) is 24.3 Å². The van der Waals surface area contributed by atoms with Crippen LogP contribution in [0.25, 0.3) is 0 Å². The number of amides is 2. The summed E-state index contributed by atoms with van der Waals surface area (Å²) in [7, 11) is 0. The molecule has 1 aliphatic heterocycles. The molecule has 1 aromatic carbocycles. The van der Waals surface area contributed by atoms with Gasteiger partial charge in [0, 0.05) is 13.1 Å². The van der Waals surface area contributed by atoms with Crippen LogP contribution in [0.1, 0.15) is 5.56 Å². The number of ether oxygens (including phenoxy) is 1. The molecule has 110 valence electrons. The predicted molar refractivity (Wildman–Crippen MR) is 66.0 cm³/mol. The van der Waals surface area contributed by atoms with E-state index in [9.17, 15) is 18.0 Å². The lowest BCUT2D eigenvalue weighted by molar-refractivity contribution is -0.136. The number of carbonyl (C=O) groups excluding carboxylic acids is 1. The lowest BCUT2D eigenvalue weighted by atomic mass is 10.1. The quantitative estimate of drug-likeness (QED) is 0.876. The zero-order chi connectivity index (χ0) is 14.6. The second-order valence-electron chi connectivity index (χ2n) is 4.21. The second kappa shape index (κ2) is 6.10. The molecule has 0 saturated carbocycles. The van der Waals surface area contributed by atoms with Crippen LogP contribution in [0, 0.1) is 0 Å². The zero-order valence-electron chi connectivity index (χ0n) is 10.5. The van der Waals surface area contributed by atoms with E-state index in [2.05, 4.69) is 10.7 Å². The number of hydrazine groups is 1. The van der Waals surface area contributed by atoms with Crippen molar-refractivity contribution >= 4 is 11.7 Å². The van der Waals surface area contributed by atoms with Gasteiger partial charge in [0.15, 0.2) is 0 Å². The largest absolute Gasteiger partial charge is 0.418 e. The molecular weight excluding hydrogens is 275 g/mol. The summed E-state index contributed by atoms with van der Waals surface area (Å²) in [4.78, 5) is 11.7. The van der Waals surface area contributed by atoms with Gasteiger partial charge in [0.1, 0.15) is 0 Å². The van der Waals surface area contributed by atoms with Crippen molar-refractivity contribution in [3.8, 4) is 0 Å². The van der Waals surface area contributed by atoms with Gasteiger partial charge < -0.3 is 10.1 Å². The highest BCUT2D eigenvalue weighted by Gasteiger charge is 2.33. The molecule has 1 fully saturated rings. The molecule has 2 N–H and O–H groups in total. The van der Waals surface area contributed by atoms with Gasteiger partial charge in [-0.2, -0.15) is 13.2 Å². The van der Waals surface area contributed by atoms with Crippen LogP contribution in [-0.2, 0) is 10.9 Å². The molecule has 1 saturated heterocycles. The van der Waals surface area contributed by atoms with E-state index in [0.717, 1.165) is 6.07 Å². The summed E-state index contributed by atoms with van der Waals surface area (Å²) in [5.74, 6) is 0. The summed E-state index contributed by atoms with van der Waals surface area (Å²) in [6, 6.07) is 4.13. The first-order chi connectivity index (χ1) is 9.47. The number of morpholine rings is 1.